The fourth-order valence-corrected chi connectivity index (χ4v) is 5.51. The Hall–Kier alpha value is -3.16. The van der Waals surface area contributed by atoms with Crippen LogP contribution in [-0.2, 0) is 11.8 Å². The van der Waals surface area contributed by atoms with Gasteiger partial charge in [-0.15, -0.1) is 0 Å². The van der Waals surface area contributed by atoms with Crippen LogP contribution in [0.15, 0.2) is 72.3 Å². The van der Waals surface area contributed by atoms with Crippen LogP contribution in [0.2, 0.25) is 0 Å². The minimum Gasteiger partial charge on any atom is -0.387 e. The molecule has 0 amide bonds. The van der Waals surface area contributed by atoms with E-state index in [0.717, 1.165) is 35.6 Å². The Morgan fingerprint density at radius 1 is 1.10 bits per heavy atom. The van der Waals surface area contributed by atoms with Gasteiger partial charge in [0.1, 0.15) is 5.82 Å². The van der Waals surface area contributed by atoms with Gasteiger partial charge in [-0.1, -0.05) is 68.5 Å². The summed E-state index contributed by atoms with van der Waals surface area (Å²) in [5.41, 5.74) is 4.50. The van der Waals surface area contributed by atoms with E-state index in [0.29, 0.717) is 5.57 Å². The van der Waals surface area contributed by atoms with E-state index in [-0.39, 0.29) is 17.3 Å². The number of aliphatic hydroxyl groups is 1. The number of rotatable bonds is 2. The van der Waals surface area contributed by atoms with Crippen LogP contribution in [0.3, 0.4) is 0 Å². The highest BCUT2D eigenvalue weighted by molar-refractivity contribution is 5.62. The van der Waals surface area contributed by atoms with Gasteiger partial charge >= 0.3 is 0 Å². The first-order valence-electron chi connectivity index (χ1n) is 10.6. The lowest BCUT2D eigenvalue weighted by atomic mass is 9.58. The van der Waals surface area contributed by atoms with E-state index in [1.165, 1.54) is 5.69 Å². The van der Waals surface area contributed by atoms with Gasteiger partial charge < -0.3 is 5.11 Å². The topological polar surface area (TPSA) is 61.8 Å². The van der Waals surface area contributed by atoms with Crippen LogP contribution in [0.25, 0.3) is 17.1 Å². The molecule has 5 rings (SSSR count). The van der Waals surface area contributed by atoms with Crippen LogP contribution in [-0.4, -0.2) is 20.8 Å². The van der Waals surface area contributed by atoms with Gasteiger partial charge in [-0.25, -0.2) is 4.98 Å². The quantitative estimate of drug-likeness (QED) is 0.677. The Labute approximate surface area is 177 Å². The van der Waals surface area contributed by atoms with E-state index in [4.69, 9.17) is 4.98 Å². The van der Waals surface area contributed by atoms with Gasteiger partial charge in [-0.2, -0.15) is 5.26 Å². The number of aliphatic hydroxyl groups excluding tert-OH is 1. The lowest BCUT2D eigenvalue weighted by Crippen LogP contribution is -2.47. The van der Waals surface area contributed by atoms with Crippen LogP contribution in [0, 0.1) is 23.2 Å². The number of imidazole rings is 1. The average molecular weight is 396 g/mol. The van der Waals surface area contributed by atoms with Crippen molar-refractivity contribution in [1.82, 2.24) is 9.55 Å². The lowest BCUT2D eigenvalue weighted by molar-refractivity contribution is 0.0668. The molecular weight excluding hydrogens is 370 g/mol. The second-order valence-electron chi connectivity index (χ2n) is 8.71. The molecule has 0 spiro atoms. The smallest absolute Gasteiger partial charge is 0.145 e. The molecule has 0 saturated heterocycles. The zero-order valence-corrected chi connectivity index (χ0v) is 17.3. The lowest BCUT2D eigenvalue weighted by Gasteiger charge is -2.46. The van der Waals surface area contributed by atoms with E-state index < -0.39 is 6.10 Å². The normalized spacial score (nSPS) is 27.5. The fourth-order valence-electron chi connectivity index (χ4n) is 5.51. The summed E-state index contributed by atoms with van der Waals surface area (Å²) >= 11 is 0. The van der Waals surface area contributed by atoms with Crippen molar-refractivity contribution in [2.75, 3.05) is 0 Å². The number of nitrogens with zero attached hydrogens (tertiary/aromatic N) is 3. The second-order valence-corrected chi connectivity index (χ2v) is 8.71. The maximum absolute atomic E-state index is 10.6. The van der Waals surface area contributed by atoms with E-state index in [1.807, 2.05) is 30.3 Å². The van der Waals surface area contributed by atoms with Crippen LogP contribution >= 0.6 is 0 Å². The van der Waals surface area contributed by atoms with Crippen molar-refractivity contribution in [1.29, 1.82) is 5.26 Å². The summed E-state index contributed by atoms with van der Waals surface area (Å²) in [6.45, 7) is 4.25. The zero-order valence-electron chi connectivity index (χ0n) is 17.3. The van der Waals surface area contributed by atoms with E-state index in [9.17, 15) is 10.4 Å². The molecule has 0 saturated carbocycles. The molecular formula is C26H25N3O. The SMILES string of the molecule is C[C@@H]1C(O)C(C#N)=C[C@]2(C)c3nc(-c4ccccc4)n(-c4ccccc4)c3CC[C@@H]12. The number of allylic oxidation sites excluding steroid dienone is 1. The molecule has 1 N–H and O–H groups in total. The average Bonchev–Trinajstić information content (AvgIpc) is 3.18. The van der Waals surface area contributed by atoms with Gasteiger partial charge in [0.2, 0.25) is 0 Å². The standard InChI is InChI=1S/C26H25N3O/c1-17-21-13-14-22-24(26(21,2)15-19(16-27)23(17)30)28-25(18-9-5-3-6-10-18)29(22)20-11-7-4-8-12-20/h3-12,15,17,21,23,30H,13-14H2,1-2H3/t17-,21-,23?,26-/m0/s1. The Morgan fingerprint density at radius 3 is 2.43 bits per heavy atom. The minimum absolute atomic E-state index is 0.0184. The highest BCUT2D eigenvalue weighted by Gasteiger charge is 2.50. The maximum Gasteiger partial charge on any atom is 0.145 e. The summed E-state index contributed by atoms with van der Waals surface area (Å²) in [5.74, 6) is 1.20. The molecule has 2 aromatic carbocycles. The molecule has 2 aliphatic carbocycles. The monoisotopic (exact) mass is 395 g/mol. The highest BCUT2D eigenvalue weighted by atomic mass is 16.3. The summed E-state index contributed by atoms with van der Waals surface area (Å²) < 4.78 is 2.28. The third-order valence-corrected chi connectivity index (χ3v) is 7.03. The van der Waals surface area contributed by atoms with Gasteiger partial charge in [-0.3, -0.25) is 4.57 Å². The van der Waals surface area contributed by atoms with E-state index in [1.54, 1.807) is 0 Å². The maximum atomic E-state index is 10.6. The number of fused-ring (bicyclic) bond motifs is 3. The molecule has 0 aliphatic heterocycles. The number of benzene rings is 2. The molecule has 4 nitrogen and oxygen atoms in total. The number of hydrogen-bond acceptors (Lipinski definition) is 3. The Kier molecular flexibility index (Phi) is 4.38. The zero-order chi connectivity index (χ0) is 20.9. The summed E-state index contributed by atoms with van der Waals surface area (Å²) in [5, 5.41) is 20.3. The molecule has 150 valence electrons. The third-order valence-electron chi connectivity index (χ3n) is 7.03. The van der Waals surface area contributed by atoms with E-state index in [2.05, 4.69) is 60.9 Å². The Bertz CT molecular complexity index is 1160. The van der Waals surface area contributed by atoms with Crippen molar-refractivity contribution in [3.05, 3.63) is 83.7 Å². The predicted molar refractivity (Wildman–Crippen MR) is 117 cm³/mol. The summed E-state index contributed by atoms with van der Waals surface area (Å²) in [7, 11) is 0. The van der Waals surface area contributed by atoms with Crippen LogP contribution in [0.1, 0.15) is 31.7 Å². The molecule has 1 heterocycles. The third kappa shape index (κ3) is 2.66. The van der Waals surface area contributed by atoms with Gasteiger partial charge in [0.15, 0.2) is 0 Å². The summed E-state index contributed by atoms with van der Waals surface area (Å²) in [6.07, 6.45) is 3.15. The molecule has 4 heteroatoms. The first kappa shape index (κ1) is 18.8. The first-order valence-corrected chi connectivity index (χ1v) is 10.6. The predicted octanol–water partition coefficient (Wildman–Crippen LogP) is 4.82. The van der Waals surface area contributed by atoms with Gasteiger partial charge in [0, 0.05) is 22.4 Å². The van der Waals surface area contributed by atoms with Gasteiger partial charge in [0.25, 0.3) is 0 Å². The Morgan fingerprint density at radius 2 is 1.77 bits per heavy atom. The molecule has 30 heavy (non-hydrogen) atoms. The molecule has 0 radical (unpaired) electrons. The number of aromatic nitrogens is 2. The van der Waals surface area contributed by atoms with Crippen molar-refractivity contribution >= 4 is 0 Å². The van der Waals surface area contributed by atoms with Crippen molar-refractivity contribution in [3.8, 4) is 23.1 Å². The molecule has 1 unspecified atom stereocenters. The molecule has 0 bridgehead atoms. The van der Waals surface area contributed by atoms with Gasteiger partial charge in [0.05, 0.1) is 23.4 Å². The largest absolute Gasteiger partial charge is 0.387 e. The molecule has 0 fully saturated rings. The second kappa shape index (κ2) is 6.97. The molecule has 2 aliphatic rings. The molecule has 4 atom stereocenters. The first-order chi connectivity index (χ1) is 14.5. The van der Waals surface area contributed by atoms with Crippen molar-refractivity contribution in [3.63, 3.8) is 0 Å². The minimum atomic E-state index is -0.695. The summed E-state index contributed by atoms with van der Waals surface area (Å²) in [4.78, 5) is 5.21. The van der Waals surface area contributed by atoms with Crippen molar-refractivity contribution < 1.29 is 5.11 Å². The van der Waals surface area contributed by atoms with Gasteiger partial charge in [-0.05, 0) is 36.8 Å². The summed E-state index contributed by atoms with van der Waals surface area (Å²) in [6, 6.07) is 22.9. The van der Waals surface area contributed by atoms with Crippen LogP contribution in [0.4, 0.5) is 0 Å². The molecule has 3 aromatic rings. The fraction of sp³-hybridized carbons (Fsp3) is 0.308. The van der Waals surface area contributed by atoms with Crippen molar-refractivity contribution in [2.45, 2.75) is 38.2 Å². The Balaban J connectivity index is 1.79. The van der Waals surface area contributed by atoms with Crippen LogP contribution < -0.4 is 0 Å². The number of nitriles is 1. The number of hydrogen-bond donors (Lipinski definition) is 1. The highest BCUT2D eigenvalue weighted by Crippen LogP contribution is 2.51. The van der Waals surface area contributed by atoms with E-state index >= 15 is 0 Å². The number of para-hydroxylation sites is 1. The van der Waals surface area contributed by atoms with Crippen molar-refractivity contribution in [2.24, 2.45) is 11.8 Å². The van der Waals surface area contributed by atoms with Crippen LogP contribution in [0.5, 0.6) is 0 Å². The molecule has 1 aromatic heterocycles.